The minimum Gasteiger partial charge on any atom is -0.497 e. The highest BCUT2D eigenvalue weighted by atomic mass is 16.6. The van der Waals surface area contributed by atoms with Crippen molar-refractivity contribution in [3.63, 3.8) is 0 Å². The van der Waals surface area contributed by atoms with E-state index >= 15 is 0 Å². The van der Waals surface area contributed by atoms with Gasteiger partial charge in [-0.25, -0.2) is 4.79 Å². The monoisotopic (exact) mass is 396 g/mol. The number of methoxy groups -OCH3 is 1. The van der Waals surface area contributed by atoms with E-state index in [1.807, 2.05) is 12.1 Å². The maximum atomic E-state index is 12.0. The molecule has 1 aromatic heterocycles. The first-order chi connectivity index (χ1) is 14.0. The molecule has 8 nitrogen and oxygen atoms in total. The van der Waals surface area contributed by atoms with Crippen molar-refractivity contribution in [2.75, 3.05) is 38.2 Å². The highest BCUT2D eigenvalue weighted by Crippen LogP contribution is 2.22. The Kier molecular flexibility index (Phi) is 5.18. The number of hydrogen-bond donors (Lipinski definition) is 1. The maximum absolute atomic E-state index is 12.0. The lowest BCUT2D eigenvalue weighted by Gasteiger charge is -2.33. The Bertz CT molecular complexity index is 1090. The van der Waals surface area contributed by atoms with Crippen molar-refractivity contribution in [1.82, 2.24) is 0 Å². The van der Waals surface area contributed by atoms with E-state index in [1.54, 1.807) is 31.4 Å². The summed E-state index contributed by atoms with van der Waals surface area (Å²) in [6, 6.07) is 13.8. The van der Waals surface area contributed by atoms with Crippen molar-refractivity contribution in [3.8, 4) is 5.75 Å². The van der Waals surface area contributed by atoms with E-state index in [0.29, 0.717) is 11.3 Å². The fourth-order valence-corrected chi connectivity index (χ4v) is 3.80. The lowest BCUT2D eigenvalue weighted by Crippen LogP contribution is -3.13. The van der Waals surface area contributed by atoms with Crippen molar-refractivity contribution in [2.24, 2.45) is 0 Å². The average molecular weight is 396 g/mol. The third kappa shape index (κ3) is 4.07. The van der Waals surface area contributed by atoms with Crippen LogP contribution in [0.25, 0.3) is 11.0 Å². The van der Waals surface area contributed by atoms with E-state index in [-0.39, 0.29) is 16.2 Å². The molecule has 29 heavy (non-hydrogen) atoms. The van der Waals surface area contributed by atoms with Gasteiger partial charge in [-0.3, -0.25) is 10.1 Å². The molecular formula is C21H22N3O5+. The van der Waals surface area contributed by atoms with E-state index in [1.165, 1.54) is 17.0 Å². The molecule has 0 saturated carbocycles. The molecule has 0 amide bonds. The molecule has 150 valence electrons. The lowest BCUT2D eigenvalue weighted by atomic mass is 10.1. The summed E-state index contributed by atoms with van der Waals surface area (Å²) < 4.78 is 10.6. The van der Waals surface area contributed by atoms with Gasteiger partial charge in [0.15, 0.2) is 0 Å². The number of nitro benzene ring substituents is 1. The zero-order valence-corrected chi connectivity index (χ0v) is 16.1. The summed E-state index contributed by atoms with van der Waals surface area (Å²) >= 11 is 0. The first-order valence-electron chi connectivity index (χ1n) is 9.47. The lowest BCUT2D eigenvalue weighted by molar-refractivity contribution is -0.914. The highest BCUT2D eigenvalue weighted by molar-refractivity contribution is 5.81. The summed E-state index contributed by atoms with van der Waals surface area (Å²) in [6.45, 7) is 4.26. The molecule has 2 heterocycles. The Morgan fingerprint density at radius 1 is 1.14 bits per heavy atom. The molecule has 1 fully saturated rings. The number of anilines is 1. The number of piperazine rings is 1. The van der Waals surface area contributed by atoms with Gasteiger partial charge in [0.1, 0.15) is 17.9 Å². The molecule has 2 aromatic carbocycles. The van der Waals surface area contributed by atoms with E-state index in [0.717, 1.165) is 49.4 Å². The van der Waals surface area contributed by atoms with E-state index in [2.05, 4.69) is 4.90 Å². The number of quaternary nitrogens is 1. The number of benzene rings is 2. The first kappa shape index (κ1) is 18.9. The van der Waals surface area contributed by atoms with Gasteiger partial charge in [0.25, 0.3) is 5.69 Å². The van der Waals surface area contributed by atoms with Crippen LogP contribution in [0.15, 0.2) is 57.7 Å². The predicted octanol–water partition coefficient (Wildman–Crippen LogP) is 1.61. The molecule has 3 aromatic rings. The van der Waals surface area contributed by atoms with E-state index in [9.17, 15) is 14.9 Å². The summed E-state index contributed by atoms with van der Waals surface area (Å²) in [5, 5.41) is 11.7. The molecular weight excluding hydrogens is 374 g/mol. The van der Waals surface area contributed by atoms with Crippen molar-refractivity contribution in [3.05, 3.63) is 74.6 Å². The SMILES string of the molecule is COc1ccc2c(C[NH+]3CCN(c4ccc([N+](=O)[O-])cc4)CC3)cc(=O)oc2c1. The molecule has 0 atom stereocenters. The molecule has 1 aliphatic rings. The van der Waals surface area contributed by atoms with Gasteiger partial charge < -0.3 is 19.0 Å². The Labute approximate surface area is 167 Å². The van der Waals surface area contributed by atoms with Crippen LogP contribution in [0.4, 0.5) is 11.4 Å². The Morgan fingerprint density at radius 2 is 1.86 bits per heavy atom. The molecule has 0 aliphatic carbocycles. The second-order valence-electron chi connectivity index (χ2n) is 7.14. The fraction of sp³-hybridized carbons (Fsp3) is 0.286. The summed E-state index contributed by atoms with van der Waals surface area (Å²) in [5.74, 6) is 0.654. The minimum absolute atomic E-state index is 0.101. The molecule has 1 N–H and O–H groups in total. The van der Waals surface area contributed by atoms with Gasteiger partial charge in [-0.05, 0) is 24.3 Å². The maximum Gasteiger partial charge on any atom is 0.336 e. The van der Waals surface area contributed by atoms with Crippen molar-refractivity contribution < 1.29 is 19.0 Å². The summed E-state index contributed by atoms with van der Waals surface area (Å²) in [4.78, 5) is 26.0. The Morgan fingerprint density at radius 3 is 2.52 bits per heavy atom. The zero-order chi connectivity index (χ0) is 20.4. The Hall–Kier alpha value is -3.39. The minimum atomic E-state index is -0.387. The van der Waals surface area contributed by atoms with Crippen LogP contribution in [0.3, 0.4) is 0 Å². The number of non-ortho nitro benzene ring substituents is 1. The third-order valence-corrected chi connectivity index (χ3v) is 5.37. The standard InChI is InChI=1S/C21H21N3O5/c1-28-18-6-7-19-15(12-21(25)29-20(19)13-18)14-22-8-10-23(11-9-22)16-2-4-17(5-3-16)24(26)27/h2-7,12-13H,8-11,14H2,1H3/p+1. The second-order valence-corrected chi connectivity index (χ2v) is 7.14. The largest absolute Gasteiger partial charge is 0.497 e. The van der Waals surface area contributed by atoms with Crippen molar-refractivity contribution in [1.29, 1.82) is 0 Å². The van der Waals surface area contributed by atoms with Gasteiger partial charge in [0.05, 0.1) is 38.2 Å². The van der Waals surface area contributed by atoms with Crippen LogP contribution in [0.5, 0.6) is 5.75 Å². The fourth-order valence-electron chi connectivity index (χ4n) is 3.80. The van der Waals surface area contributed by atoms with Crippen LogP contribution in [-0.4, -0.2) is 38.2 Å². The Balaban J connectivity index is 1.46. The molecule has 8 heteroatoms. The van der Waals surface area contributed by atoms with Crippen molar-refractivity contribution >= 4 is 22.3 Å². The number of hydrogen-bond acceptors (Lipinski definition) is 6. The molecule has 1 aliphatic heterocycles. The quantitative estimate of drug-likeness (QED) is 0.400. The number of nitro groups is 1. The number of nitrogens with one attached hydrogen (secondary N) is 1. The molecule has 0 unspecified atom stereocenters. The number of nitrogens with zero attached hydrogens (tertiary/aromatic N) is 2. The zero-order valence-electron chi connectivity index (χ0n) is 16.1. The number of fused-ring (bicyclic) bond motifs is 1. The van der Waals surface area contributed by atoms with Gasteiger partial charge >= 0.3 is 5.63 Å². The van der Waals surface area contributed by atoms with E-state index in [4.69, 9.17) is 9.15 Å². The van der Waals surface area contributed by atoms with Gasteiger partial charge in [-0.2, -0.15) is 0 Å². The van der Waals surface area contributed by atoms with Crippen molar-refractivity contribution in [2.45, 2.75) is 6.54 Å². The predicted molar refractivity (Wildman–Crippen MR) is 109 cm³/mol. The summed E-state index contributed by atoms with van der Waals surface area (Å²) in [7, 11) is 1.58. The average Bonchev–Trinajstić information content (AvgIpc) is 2.73. The topological polar surface area (TPSA) is 90.3 Å². The summed E-state index contributed by atoms with van der Waals surface area (Å²) in [6.07, 6.45) is 0. The van der Waals surface area contributed by atoms with Crippen LogP contribution < -0.4 is 20.2 Å². The van der Waals surface area contributed by atoms with Crippen LogP contribution in [-0.2, 0) is 6.54 Å². The molecule has 1 saturated heterocycles. The van der Waals surface area contributed by atoms with Gasteiger partial charge in [0, 0.05) is 40.9 Å². The molecule has 4 rings (SSSR count). The van der Waals surface area contributed by atoms with Crippen LogP contribution in [0.1, 0.15) is 5.56 Å². The first-order valence-corrected chi connectivity index (χ1v) is 9.47. The van der Waals surface area contributed by atoms with Gasteiger partial charge in [0.2, 0.25) is 0 Å². The van der Waals surface area contributed by atoms with Gasteiger partial charge in [-0.1, -0.05) is 0 Å². The van der Waals surface area contributed by atoms with Crippen LogP contribution >= 0.6 is 0 Å². The summed E-state index contributed by atoms with van der Waals surface area (Å²) in [5.41, 5.74) is 2.25. The molecule has 0 bridgehead atoms. The molecule has 0 radical (unpaired) electrons. The number of rotatable bonds is 5. The third-order valence-electron chi connectivity index (χ3n) is 5.37. The highest BCUT2D eigenvalue weighted by Gasteiger charge is 2.22. The number of ether oxygens (including phenoxy) is 1. The molecule has 0 spiro atoms. The normalized spacial score (nSPS) is 14.9. The van der Waals surface area contributed by atoms with Gasteiger partial charge in [-0.15, -0.1) is 0 Å². The smallest absolute Gasteiger partial charge is 0.336 e. The van der Waals surface area contributed by atoms with Crippen LogP contribution in [0.2, 0.25) is 0 Å². The van der Waals surface area contributed by atoms with E-state index < -0.39 is 0 Å². The van der Waals surface area contributed by atoms with Crippen LogP contribution in [0, 0.1) is 10.1 Å². The second kappa shape index (κ2) is 7.92.